The van der Waals surface area contributed by atoms with E-state index >= 15 is 0 Å². The molecule has 7 nitrogen and oxygen atoms in total. The first-order valence-corrected chi connectivity index (χ1v) is 11.8. The summed E-state index contributed by atoms with van der Waals surface area (Å²) in [7, 11) is 0. The van der Waals surface area contributed by atoms with Crippen molar-refractivity contribution in [2.45, 2.75) is 38.7 Å². The van der Waals surface area contributed by atoms with E-state index in [-0.39, 0.29) is 11.3 Å². The molecular weight excluding hydrogens is 469 g/mol. The van der Waals surface area contributed by atoms with E-state index in [0.717, 1.165) is 50.3 Å². The smallest absolute Gasteiger partial charge is 0.363 e. The first kappa shape index (κ1) is 23.2. The van der Waals surface area contributed by atoms with Gasteiger partial charge in [0.2, 0.25) is 5.28 Å². The summed E-state index contributed by atoms with van der Waals surface area (Å²) < 4.78 is 39.4. The quantitative estimate of drug-likeness (QED) is 0.622. The average molecular weight is 495 g/mol. The number of nitrogens with zero attached hydrogens (tertiary/aromatic N) is 4. The number of alkyl halides is 3. The number of carbonyl (C=O) groups is 1. The van der Waals surface area contributed by atoms with E-state index in [0.29, 0.717) is 42.0 Å². The molecule has 0 radical (unpaired) electrons. The van der Waals surface area contributed by atoms with Crippen molar-refractivity contribution in [3.63, 3.8) is 0 Å². The Labute approximate surface area is 200 Å². The first-order valence-electron chi connectivity index (χ1n) is 11.4. The van der Waals surface area contributed by atoms with E-state index in [2.05, 4.69) is 20.6 Å². The molecule has 2 saturated heterocycles. The zero-order valence-corrected chi connectivity index (χ0v) is 19.5. The molecule has 0 spiro atoms. The van der Waals surface area contributed by atoms with Crippen LogP contribution in [0.25, 0.3) is 0 Å². The van der Waals surface area contributed by atoms with Crippen LogP contribution in [0.15, 0.2) is 24.3 Å². The van der Waals surface area contributed by atoms with E-state index in [9.17, 15) is 18.0 Å². The third kappa shape index (κ3) is 4.53. The SMILES string of the molecule is C[C@@H](Nc1nc(Cl)nc2c1CN(C(=O)N1C[C@H]3CNCC[C@H]3C1)C2)c1cccc(C(F)(F)F)c1. The van der Waals surface area contributed by atoms with Gasteiger partial charge in [-0.2, -0.15) is 13.2 Å². The molecular formula is C23H26ClF3N6O. The number of rotatable bonds is 3. The van der Waals surface area contributed by atoms with Gasteiger partial charge in [-0.3, -0.25) is 0 Å². The minimum atomic E-state index is -4.42. The highest BCUT2D eigenvalue weighted by atomic mass is 35.5. The lowest BCUT2D eigenvalue weighted by molar-refractivity contribution is -0.137. The maximum atomic E-state index is 13.3. The number of hydrogen-bond donors (Lipinski definition) is 2. The number of piperidine rings is 1. The number of nitrogens with one attached hydrogen (secondary N) is 2. The summed E-state index contributed by atoms with van der Waals surface area (Å²) in [6, 6.07) is 4.70. The fraction of sp³-hybridized carbons (Fsp3) is 0.522. The van der Waals surface area contributed by atoms with Crippen molar-refractivity contribution in [2.24, 2.45) is 11.8 Å². The van der Waals surface area contributed by atoms with E-state index < -0.39 is 17.8 Å². The molecule has 1 aromatic carbocycles. The normalized spacial score (nSPS) is 23.0. The van der Waals surface area contributed by atoms with Gasteiger partial charge in [0, 0.05) is 24.7 Å². The molecule has 0 aliphatic carbocycles. The maximum absolute atomic E-state index is 13.3. The van der Waals surface area contributed by atoms with Crippen molar-refractivity contribution >= 4 is 23.4 Å². The number of benzene rings is 1. The van der Waals surface area contributed by atoms with Crippen LogP contribution < -0.4 is 10.6 Å². The molecule has 2 N–H and O–H groups in total. The van der Waals surface area contributed by atoms with Gasteiger partial charge in [0.1, 0.15) is 5.82 Å². The van der Waals surface area contributed by atoms with Crippen LogP contribution in [0.2, 0.25) is 5.28 Å². The highest BCUT2D eigenvalue weighted by Crippen LogP contribution is 2.35. The summed E-state index contributed by atoms with van der Waals surface area (Å²) in [5.74, 6) is 1.46. The Kier molecular flexibility index (Phi) is 6.05. The van der Waals surface area contributed by atoms with Gasteiger partial charge in [-0.15, -0.1) is 0 Å². The molecule has 182 valence electrons. The van der Waals surface area contributed by atoms with Crippen molar-refractivity contribution in [1.82, 2.24) is 25.1 Å². The molecule has 0 saturated carbocycles. The van der Waals surface area contributed by atoms with Crippen LogP contribution in [-0.2, 0) is 19.3 Å². The molecule has 11 heteroatoms. The molecule has 0 bridgehead atoms. The third-order valence-electron chi connectivity index (χ3n) is 7.04. The standard InChI is InChI=1S/C23H26ClF3N6O/c1-13(14-3-2-4-17(7-14)23(25,26)27)29-20-18-11-33(12-19(18)30-21(24)31-20)22(34)32-9-15-5-6-28-8-16(15)10-32/h2-4,7,13,15-16,28H,5-6,8-12H2,1H3,(H,29,30,31)/t13-,15+,16-/m1/s1. The van der Waals surface area contributed by atoms with Gasteiger partial charge in [-0.1, -0.05) is 12.1 Å². The number of urea groups is 1. The van der Waals surface area contributed by atoms with Gasteiger partial charge in [-0.05, 0) is 67.6 Å². The number of fused-ring (bicyclic) bond motifs is 2. The predicted molar refractivity (Wildman–Crippen MR) is 121 cm³/mol. The van der Waals surface area contributed by atoms with Gasteiger partial charge >= 0.3 is 12.2 Å². The molecule has 2 aromatic rings. The molecule has 34 heavy (non-hydrogen) atoms. The first-order chi connectivity index (χ1) is 16.2. The Morgan fingerprint density at radius 2 is 2.00 bits per heavy atom. The van der Waals surface area contributed by atoms with Crippen LogP contribution in [0.1, 0.15) is 41.8 Å². The Hall–Kier alpha value is -2.59. The Balaban J connectivity index is 1.32. The second kappa shape index (κ2) is 8.88. The van der Waals surface area contributed by atoms with Crippen molar-refractivity contribution < 1.29 is 18.0 Å². The van der Waals surface area contributed by atoms with Crippen LogP contribution in [0.5, 0.6) is 0 Å². The number of hydrogen-bond acceptors (Lipinski definition) is 5. The minimum absolute atomic E-state index is 0.0274. The summed E-state index contributed by atoms with van der Waals surface area (Å²) >= 11 is 6.15. The molecule has 5 rings (SSSR count). The summed E-state index contributed by atoms with van der Waals surface area (Å²) in [6.07, 6.45) is -3.34. The number of anilines is 1. The van der Waals surface area contributed by atoms with Crippen LogP contribution in [0, 0.1) is 11.8 Å². The number of halogens is 4. The van der Waals surface area contributed by atoms with Gasteiger partial charge in [0.05, 0.1) is 24.3 Å². The maximum Gasteiger partial charge on any atom is 0.416 e. The lowest BCUT2D eigenvalue weighted by Gasteiger charge is -2.24. The van der Waals surface area contributed by atoms with E-state index in [1.54, 1.807) is 17.9 Å². The Morgan fingerprint density at radius 3 is 2.76 bits per heavy atom. The fourth-order valence-corrected chi connectivity index (χ4v) is 5.37. The van der Waals surface area contributed by atoms with Crippen molar-refractivity contribution in [1.29, 1.82) is 0 Å². The number of likely N-dealkylation sites (tertiary alicyclic amines) is 1. The molecule has 1 aromatic heterocycles. The monoisotopic (exact) mass is 494 g/mol. The van der Waals surface area contributed by atoms with Crippen molar-refractivity contribution in [2.75, 3.05) is 31.5 Å². The van der Waals surface area contributed by atoms with E-state index in [1.165, 1.54) is 6.07 Å². The largest absolute Gasteiger partial charge is 0.416 e. The molecule has 4 heterocycles. The van der Waals surface area contributed by atoms with E-state index in [4.69, 9.17) is 11.6 Å². The van der Waals surface area contributed by atoms with Gasteiger partial charge in [0.25, 0.3) is 0 Å². The molecule has 3 atom stereocenters. The Bertz CT molecular complexity index is 1080. The van der Waals surface area contributed by atoms with Crippen molar-refractivity contribution in [3.8, 4) is 0 Å². The van der Waals surface area contributed by atoms with Gasteiger partial charge in [-0.25, -0.2) is 14.8 Å². The summed E-state index contributed by atoms with van der Waals surface area (Å²) in [5, 5.41) is 6.62. The van der Waals surface area contributed by atoms with Crippen LogP contribution >= 0.6 is 11.6 Å². The zero-order chi connectivity index (χ0) is 24.0. The second-order valence-corrected chi connectivity index (χ2v) is 9.65. The summed E-state index contributed by atoms with van der Waals surface area (Å²) in [6.45, 7) is 5.86. The third-order valence-corrected chi connectivity index (χ3v) is 7.21. The average Bonchev–Trinajstić information content (AvgIpc) is 3.42. The van der Waals surface area contributed by atoms with Crippen LogP contribution in [0.3, 0.4) is 0 Å². The van der Waals surface area contributed by atoms with Crippen LogP contribution in [-0.4, -0.2) is 52.0 Å². The predicted octanol–water partition coefficient (Wildman–Crippen LogP) is 4.30. The van der Waals surface area contributed by atoms with Gasteiger partial charge < -0.3 is 20.4 Å². The van der Waals surface area contributed by atoms with Crippen molar-refractivity contribution in [3.05, 3.63) is 51.9 Å². The minimum Gasteiger partial charge on any atom is -0.363 e. The molecule has 2 fully saturated rings. The highest BCUT2D eigenvalue weighted by molar-refractivity contribution is 6.28. The number of aromatic nitrogens is 2. The second-order valence-electron chi connectivity index (χ2n) is 9.31. The zero-order valence-electron chi connectivity index (χ0n) is 18.7. The number of amides is 2. The summed E-state index contributed by atoms with van der Waals surface area (Å²) in [5.41, 5.74) is 1.17. The summed E-state index contributed by atoms with van der Waals surface area (Å²) in [4.78, 5) is 25.5. The lowest BCUT2D eigenvalue weighted by Crippen LogP contribution is -2.39. The molecule has 0 unspecified atom stereocenters. The highest BCUT2D eigenvalue weighted by Gasteiger charge is 2.40. The fourth-order valence-electron chi connectivity index (χ4n) is 5.18. The molecule has 3 aliphatic heterocycles. The Morgan fingerprint density at radius 1 is 1.21 bits per heavy atom. The van der Waals surface area contributed by atoms with Crippen LogP contribution in [0.4, 0.5) is 23.8 Å². The topological polar surface area (TPSA) is 73.4 Å². The molecule has 2 amide bonds. The van der Waals surface area contributed by atoms with E-state index in [1.807, 2.05) is 4.90 Å². The lowest BCUT2D eigenvalue weighted by atomic mass is 9.90. The van der Waals surface area contributed by atoms with Gasteiger partial charge in [0.15, 0.2) is 0 Å². The molecule has 3 aliphatic rings. The number of carbonyl (C=O) groups excluding carboxylic acids is 1.